The summed E-state index contributed by atoms with van der Waals surface area (Å²) < 4.78 is 0. The van der Waals surface area contributed by atoms with E-state index in [1.807, 2.05) is 18.2 Å². The van der Waals surface area contributed by atoms with Crippen molar-refractivity contribution in [2.75, 3.05) is 26.2 Å². The van der Waals surface area contributed by atoms with Gasteiger partial charge in [0.2, 0.25) is 5.91 Å². The Morgan fingerprint density at radius 1 is 1.12 bits per heavy atom. The van der Waals surface area contributed by atoms with Crippen LogP contribution >= 0.6 is 0 Å². The second kappa shape index (κ2) is 12.0. The van der Waals surface area contributed by atoms with E-state index in [1.54, 1.807) is 0 Å². The van der Waals surface area contributed by atoms with E-state index in [0.29, 0.717) is 13.0 Å². The lowest BCUT2D eigenvalue weighted by Gasteiger charge is -2.20. The van der Waals surface area contributed by atoms with Crippen LogP contribution in [-0.4, -0.2) is 43.0 Å². The van der Waals surface area contributed by atoms with E-state index in [4.69, 9.17) is 0 Å². The van der Waals surface area contributed by atoms with Gasteiger partial charge in [-0.1, -0.05) is 44.2 Å². The number of rotatable bonds is 12. The molecule has 4 heteroatoms. The monoisotopic (exact) mass is 333 g/mol. The van der Waals surface area contributed by atoms with Crippen LogP contribution in [0.2, 0.25) is 0 Å². The number of nitrogens with zero attached hydrogens (tertiary/aromatic N) is 1. The zero-order chi connectivity index (χ0) is 17.8. The molecule has 0 saturated carbocycles. The maximum absolute atomic E-state index is 12.0. The maximum Gasteiger partial charge on any atom is 0.221 e. The minimum atomic E-state index is 0.137. The lowest BCUT2D eigenvalue weighted by Crippen LogP contribution is -2.35. The van der Waals surface area contributed by atoms with Gasteiger partial charge in [-0.25, -0.2) is 0 Å². The van der Waals surface area contributed by atoms with Gasteiger partial charge in [-0.05, 0) is 51.9 Å². The molecule has 0 radical (unpaired) electrons. The van der Waals surface area contributed by atoms with Crippen LogP contribution in [-0.2, 0) is 4.79 Å². The second-order valence-corrected chi connectivity index (χ2v) is 6.47. The fourth-order valence-corrected chi connectivity index (χ4v) is 2.84. The molecule has 0 heterocycles. The quantitative estimate of drug-likeness (QED) is 0.616. The van der Waals surface area contributed by atoms with Crippen LogP contribution in [0.15, 0.2) is 30.3 Å². The highest BCUT2D eigenvalue weighted by atomic mass is 16.1. The van der Waals surface area contributed by atoms with Gasteiger partial charge in [-0.15, -0.1) is 0 Å². The van der Waals surface area contributed by atoms with Gasteiger partial charge in [0, 0.05) is 25.0 Å². The molecule has 0 spiro atoms. The molecule has 2 N–H and O–H groups in total. The number of amides is 1. The Bertz CT molecular complexity index is 445. The van der Waals surface area contributed by atoms with Gasteiger partial charge < -0.3 is 15.5 Å². The van der Waals surface area contributed by atoms with Crippen molar-refractivity contribution in [3.63, 3.8) is 0 Å². The van der Waals surface area contributed by atoms with Gasteiger partial charge in [-0.2, -0.15) is 0 Å². The molecule has 0 aliphatic rings. The normalized spacial score (nSPS) is 13.7. The van der Waals surface area contributed by atoms with Crippen molar-refractivity contribution in [3.05, 3.63) is 35.9 Å². The summed E-state index contributed by atoms with van der Waals surface area (Å²) in [6.45, 7) is 12.6. The first-order valence-electron chi connectivity index (χ1n) is 9.36. The average molecular weight is 334 g/mol. The van der Waals surface area contributed by atoms with E-state index in [1.165, 1.54) is 5.56 Å². The molecular weight excluding hydrogens is 298 g/mol. The van der Waals surface area contributed by atoms with E-state index >= 15 is 0 Å². The van der Waals surface area contributed by atoms with E-state index in [2.05, 4.69) is 55.4 Å². The molecule has 0 bridgehead atoms. The summed E-state index contributed by atoms with van der Waals surface area (Å²) in [5.74, 6) is 0.137. The Kier molecular flexibility index (Phi) is 10.4. The number of hydrogen-bond donors (Lipinski definition) is 2. The molecule has 0 unspecified atom stereocenters. The van der Waals surface area contributed by atoms with Crippen LogP contribution in [0.4, 0.5) is 0 Å². The first kappa shape index (κ1) is 20.7. The van der Waals surface area contributed by atoms with Crippen molar-refractivity contribution < 1.29 is 4.79 Å². The number of carbonyl (C=O) groups is 1. The van der Waals surface area contributed by atoms with Gasteiger partial charge in [0.25, 0.3) is 0 Å². The molecule has 0 aliphatic carbocycles. The molecule has 24 heavy (non-hydrogen) atoms. The SMILES string of the molecule is CCN(CC)CCC[C@H](C)NC(=O)CCN[C@@H](C)c1ccccc1. The molecular formula is C20H35N3O. The summed E-state index contributed by atoms with van der Waals surface area (Å²) in [5.41, 5.74) is 1.25. The van der Waals surface area contributed by atoms with Crippen LogP contribution < -0.4 is 10.6 Å². The van der Waals surface area contributed by atoms with Crippen molar-refractivity contribution in [1.29, 1.82) is 0 Å². The Morgan fingerprint density at radius 2 is 1.79 bits per heavy atom. The minimum Gasteiger partial charge on any atom is -0.354 e. The fourth-order valence-electron chi connectivity index (χ4n) is 2.84. The second-order valence-electron chi connectivity index (χ2n) is 6.47. The van der Waals surface area contributed by atoms with Crippen molar-refractivity contribution in [3.8, 4) is 0 Å². The molecule has 1 aromatic rings. The van der Waals surface area contributed by atoms with Crippen LogP contribution in [0.3, 0.4) is 0 Å². The lowest BCUT2D eigenvalue weighted by molar-refractivity contribution is -0.121. The summed E-state index contributed by atoms with van der Waals surface area (Å²) in [6.07, 6.45) is 2.69. The third kappa shape index (κ3) is 8.46. The summed E-state index contributed by atoms with van der Waals surface area (Å²) in [4.78, 5) is 14.4. The van der Waals surface area contributed by atoms with Gasteiger partial charge in [0.05, 0.1) is 0 Å². The molecule has 0 saturated heterocycles. The molecule has 1 amide bonds. The molecule has 0 aromatic heterocycles. The topological polar surface area (TPSA) is 44.4 Å². The van der Waals surface area contributed by atoms with E-state index < -0.39 is 0 Å². The molecule has 4 nitrogen and oxygen atoms in total. The van der Waals surface area contributed by atoms with Gasteiger partial charge in [-0.3, -0.25) is 4.79 Å². The predicted octanol–water partition coefficient (Wildman–Crippen LogP) is 3.35. The fraction of sp³-hybridized carbons (Fsp3) is 0.650. The highest BCUT2D eigenvalue weighted by molar-refractivity contribution is 5.76. The van der Waals surface area contributed by atoms with E-state index in [9.17, 15) is 4.79 Å². The third-order valence-corrected chi connectivity index (χ3v) is 4.52. The summed E-state index contributed by atoms with van der Waals surface area (Å²) in [7, 11) is 0. The predicted molar refractivity (Wildman–Crippen MR) is 102 cm³/mol. The van der Waals surface area contributed by atoms with Gasteiger partial charge in [0.15, 0.2) is 0 Å². The number of hydrogen-bond acceptors (Lipinski definition) is 3. The van der Waals surface area contributed by atoms with Crippen LogP contribution in [0.5, 0.6) is 0 Å². The number of benzene rings is 1. The van der Waals surface area contributed by atoms with Crippen molar-refractivity contribution in [1.82, 2.24) is 15.5 Å². The first-order valence-corrected chi connectivity index (χ1v) is 9.36. The largest absolute Gasteiger partial charge is 0.354 e. The Hall–Kier alpha value is -1.39. The number of carbonyl (C=O) groups excluding carboxylic acids is 1. The standard InChI is InChI=1S/C20H35N3O/c1-5-23(6-2)16-10-11-17(3)22-20(24)14-15-21-18(4)19-12-8-7-9-13-19/h7-9,12-13,17-18,21H,5-6,10-11,14-16H2,1-4H3,(H,22,24)/t17-,18-/m0/s1. The third-order valence-electron chi connectivity index (χ3n) is 4.52. The molecule has 0 fully saturated rings. The molecule has 2 atom stereocenters. The minimum absolute atomic E-state index is 0.137. The summed E-state index contributed by atoms with van der Waals surface area (Å²) in [5, 5.41) is 6.51. The van der Waals surface area contributed by atoms with Crippen molar-refractivity contribution >= 4 is 5.91 Å². The Labute approximate surface area is 148 Å². The van der Waals surface area contributed by atoms with Gasteiger partial charge >= 0.3 is 0 Å². The van der Waals surface area contributed by atoms with Gasteiger partial charge in [0.1, 0.15) is 0 Å². The highest BCUT2D eigenvalue weighted by Crippen LogP contribution is 2.10. The lowest BCUT2D eigenvalue weighted by atomic mass is 10.1. The summed E-state index contributed by atoms with van der Waals surface area (Å²) in [6, 6.07) is 10.8. The molecule has 0 aliphatic heterocycles. The average Bonchev–Trinajstić information content (AvgIpc) is 2.59. The van der Waals surface area contributed by atoms with Crippen molar-refractivity contribution in [2.45, 2.75) is 59.0 Å². The smallest absolute Gasteiger partial charge is 0.221 e. The van der Waals surface area contributed by atoms with Crippen LogP contribution in [0.1, 0.15) is 58.6 Å². The molecule has 1 rings (SSSR count). The van der Waals surface area contributed by atoms with Crippen LogP contribution in [0, 0.1) is 0 Å². The highest BCUT2D eigenvalue weighted by Gasteiger charge is 2.09. The maximum atomic E-state index is 12.0. The zero-order valence-corrected chi connectivity index (χ0v) is 15.8. The van der Waals surface area contributed by atoms with E-state index in [0.717, 1.165) is 32.5 Å². The zero-order valence-electron chi connectivity index (χ0n) is 15.8. The molecule has 1 aromatic carbocycles. The molecule has 136 valence electrons. The van der Waals surface area contributed by atoms with Crippen molar-refractivity contribution in [2.24, 2.45) is 0 Å². The van der Waals surface area contributed by atoms with Crippen LogP contribution in [0.25, 0.3) is 0 Å². The Balaban J connectivity index is 2.14. The first-order chi connectivity index (χ1) is 11.6. The number of nitrogens with one attached hydrogen (secondary N) is 2. The van der Waals surface area contributed by atoms with E-state index in [-0.39, 0.29) is 18.0 Å². The Morgan fingerprint density at radius 3 is 2.42 bits per heavy atom. The summed E-state index contributed by atoms with van der Waals surface area (Å²) >= 11 is 0.